The van der Waals surface area contributed by atoms with Gasteiger partial charge in [-0.1, -0.05) is 5.11 Å². The summed E-state index contributed by atoms with van der Waals surface area (Å²) in [7, 11) is 1.24. The summed E-state index contributed by atoms with van der Waals surface area (Å²) < 4.78 is 9.77. The molecular formula is C15H27N5O5. The van der Waals surface area contributed by atoms with Crippen molar-refractivity contribution in [1.82, 2.24) is 10.6 Å². The molecule has 0 aliphatic heterocycles. The van der Waals surface area contributed by atoms with Gasteiger partial charge < -0.3 is 20.1 Å². The number of ether oxygens (including phenoxy) is 2. The van der Waals surface area contributed by atoms with Gasteiger partial charge in [0, 0.05) is 24.4 Å². The summed E-state index contributed by atoms with van der Waals surface area (Å²) in [5, 5.41) is 8.43. The van der Waals surface area contributed by atoms with Crippen LogP contribution in [0.2, 0.25) is 0 Å². The van der Waals surface area contributed by atoms with Crippen LogP contribution in [0.15, 0.2) is 5.11 Å². The lowest BCUT2D eigenvalue weighted by Gasteiger charge is -2.20. The van der Waals surface area contributed by atoms with E-state index in [-0.39, 0.29) is 13.0 Å². The van der Waals surface area contributed by atoms with Crippen LogP contribution >= 0.6 is 0 Å². The van der Waals surface area contributed by atoms with Crippen molar-refractivity contribution in [2.75, 3.05) is 20.2 Å². The Morgan fingerprint density at radius 2 is 1.92 bits per heavy atom. The lowest BCUT2D eigenvalue weighted by molar-refractivity contribution is -0.145. The summed E-state index contributed by atoms with van der Waals surface area (Å²) in [6.45, 7) is 5.75. The van der Waals surface area contributed by atoms with Crippen LogP contribution in [0, 0.1) is 0 Å². The number of nitrogens with zero attached hydrogens (tertiary/aromatic N) is 3. The maximum absolute atomic E-state index is 11.7. The minimum absolute atomic E-state index is 0.00223. The molecule has 0 aromatic heterocycles. The smallest absolute Gasteiger partial charge is 0.407 e. The fourth-order valence-electron chi connectivity index (χ4n) is 1.83. The van der Waals surface area contributed by atoms with Crippen LogP contribution in [0.5, 0.6) is 0 Å². The molecule has 2 N–H and O–H groups in total. The maximum Gasteiger partial charge on any atom is 0.407 e. The van der Waals surface area contributed by atoms with Gasteiger partial charge in [-0.25, -0.2) is 9.59 Å². The second-order valence-corrected chi connectivity index (χ2v) is 6.27. The van der Waals surface area contributed by atoms with Crippen molar-refractivity contribution < 1.29 is 23.9 Å². The minimum atomic E-state index is -0.773. The molecular weight excluding hydrogens is 330 g/mol. The molecule has 142 valence electrons. The zero-order valence-corrected chi connectivity index (χ0v) is 15.2. The van der Waals surface area contributed by atoms with E-state index in [2.05, 4.69) is 25.4 Å². The molecule has 0 aromatic rings. The third-order valence-corrected chi connectivity index (χ3v) is 2.91. The number of carbonyl (C=O) groups excluding carboxylic acids is 3. The van der Waals surface area contributed by atoms with Crippen molar-refractivity contribution in [2.24, 2.45) is 5.11 Å². The average molecular weight is 357 g/mol. The Balaban J connectivity index is 4.16. The average Bonchev–Trinajstić information content (AvgIpc) is 2.51. The number of hydrogen-bond donors (Lipinski definition) is 2. The standard InChI is InChI=1S/C15H27N5O5/c1-15(2,3)25-14(23)17-9-6-5-7-11(13(22)24-4)19-12(21)8-10-18-20-16/h11H,5-10H2,1-4H3,(H,17,23)(H,19,21)/t11-/m0/s1. The van der Waals surface area contributed by atoms with E-state index in [1.54, 1.807) is 20.8 Å². The van der Waals surface area contributed by atoms with Crippen LogP contribution in [-0.2, 0) is 19.1 Å². The van der Waals surface area contributed by atoms with E-state index in [9.17, 15) is 14.4 Å². The normalized spacial score (nSPS) is 11.7. The van der Waals surface area contributed by atoms with Gasteiger partial charge in [0.25, 0.3) is 0 Å². The highest BCUT2D eigenvalue weighted by Gasteiger charge is 2.21. The first-order valence-electron chi connectivity index (χ1n) is 8.04. The van der Waals surface area contributed by atoms with Crippen molar-refractivity contribution in [2.45, 2.75) is 58.1 Å². The van der Waals surface area contributed by atoms with Gasteiger partial charge in [0.1, 0.15) is 11.6 Å². The number of azide groups is 1. The lowest BCUT2D eigenvalue weighted by atomic mass is 10.1. The molecule has 0 spiro atoms. The van der Waals surface area contributed by atoms with E-state index in [0.717, 1.165) is 0 Å². The van der Waals surface area contributed by atoms with Crippen LogP contribution in [0.3, 0.4) is 0 Å². The molecule has 0 bridgehead atoms. The van der Waals surface area contributed by atoms with Gasteiger partial charge in [-0.05, 0) is 45.6 Å². The topological polar surface area (TPSA) is 142 Å². The van der Waals surface area contributed by atoms with Crippen molar-refractivity contribution in [3.8, 4) is 0 Å². The number of hydrogen-bond acceptors (Lipinski definition) is 6. The van der Waals surface area contributed by atoms with E-state index in [4.69, 9.17) is 10.3 Å². The van der Waals surface area contributed by atoms with Gasteiger partial charge in [-0.2, -0.15) is 0 Å². The van der Waals surface area contributed by atoms with Gasteiger partial charge in [-0.3, -0.25) is 4.79 Å². The number of esters is 1. The van der Waals surface area contributed by atoms with E-state index in [1.165, 1.54) is 7.11 Å². The molecule has 0 radical (unpaired) electrons. The number of nitrogens with one attached hydrogen (secondary N) is 2. The molecule has 0 fully saturated rings. The van der Waals surface area contributed by atoms with E-state index >= 15 is 0 Å². The first-order valence-corrected chi connectivity index (χ1v) is 8.04. The minimum Gasteiger partial charge on any atom is -0.467 e. The Morgan fingerprint density at radius 1 is 1.24 bits per heavy atom. The summed E-state index contributed by atoms with van der Waals surface area (Å²) in [6, 6.07) is -0.773. The predicted molar refractivity (Wildman–Crippen MR) is 90.7 cm³/mol. The van der Waals surface area contributed by atoms with Crippen LogP contribution < -0.4 is 10.6 Å². The van der Waals surface area contributed by atoms with Crippen molar-refractivity contribution in [3.05, 3.63) is 10.4 Å². The Morgan fingerprint density at radius 3 is 2.48 bits per heavy atom. The highest BCUT2D eigenvalue weighted by Crippen LogP contribution is 2.07. The van der Waals surface area contributed by atoms with Crippen LogP contribution in [0.25, 0.3) is 10.4 Å². The molecule has 0 saturated carbocycles. The molecule has 0 aliphatic carbocycles. The predicted octanol–water partition coefficient (Wildman–Crippen LogP) is 2.04. The van der Waals surface area contributed by atoms with Crippen LogP contribution in [-0.4, -0.2) is 49.8 Å². The Hall–Kier alpha value is -2.48. The van der Waals surface area contributed by atoms with Gasteiger partial charge >= 0.3 is 12.1 Å². The molecule has 2 amide bonds. The summed E-state index contributed by atoms with van der Waals surface area (Å²) in [5.74, 6) is -0.938. The number of methoxy groups -OCH3 is 1. The number of rotatable bonds is 10. The van der Waals surface area contributed by atoms with E-state index in [1.807, 2.05) is 0 Å². The van der Waals surface area contributed by atoms with Crippen molar-refractivity contribution in [3.63, 3.8) is 0 Å². The third-order valence-electron chi connectivity index (χ3n) is 2.91. The SMILES string of the molecule is COC(=O)[C@H](CCCCNC(=O)OC(C)(C)C)NC(=O)CCN=[N+]=[N-]. The van der Waals surface area contributed by atoms with E-state index < -0.39 is 29.6 Å². The third kappa shape index (κ3) is 12.6. The summed E-state index contributed by atoms with van der Waals surface area (Å²) in [6.07, 6.45) is 1.07. The Kier molecular flexibility index (Phi) is 10.8. The quantitative estimate of drug-likeness (QED) is 0.202. The van der Waals surface area contributed by atoms with Crippen molar-refractivity contribution in [1.29, 1.82) is 0 Å². The monoisotopic (exact) mass is 357 g/mol. The maximum atomic E-state index is 11.7. The van der Waals surface area contributed by atoms with Gasteiger partial charge in [0.05, 0.1) is 7.11 Å². The second-order valence-electron chi connectivity index (χ2n) is 6.27. The Bertz CT molecular complexity index is 497. The first kappa shape index (κ1) is 22.5. The fourth-order valence-corrected chi connectivity index (χ4v) is 1.83. The molecule has 0 aromatic carbocycles. The number of amides is 2. The molecule has 0 heterocycles. The van der Waals surface area contributed by atoms with Crippen LogP contribution in [0.1, 0.15) is 46.5 Å². The summed E-state index contributed by atoms with van der Waals surface area (Å²) >= 11 is 0. The van der Waals surface area contributed by atoms with Gasteiger partial charge in [-0.15, -0.1) is 0 Å². The number of alkyl carbamates (subject to hydrolysis) is 1. The highest BCUT2D eigenvalue weighted by molar-refractivity contribution is 5.84. The van der Waals surface area contributed by atoms with Gasteiger partial charge in [0.2, 0.25) is 5.91 Å². The second kappa shape index (κ2) is 12.0. The Labute approximate surface area is 147 Å². The van der Waals surface area contributed by atoms with Crippen LogP contribution in [0.4, 0.5) is 4.79 Å². The number of carbonyl (C=O) groups is 3. The largest absolute Gasteiger partial charge is 0.467 e. The molecule has 0 rings (SSSR count). The molecule has 25 heavy (non-hydrogen) atoms. The van der Waals surface area contributed by atoms with E-state index in [0.29, 0.717) is 25.8 Å². The fraction of sp³-hybridized carbons (Fsp3) is 0.800. The molecule has 0 aliphatic rings. The summed E-state index contributed by atoms with van der Waals surface area (Å²) in [4.78, 5) is 37.4. The first-order chi connectivity index (χ1) is 11.7. The molecule has 10 nitrogen and oxygen atoms in total. The van der Waals surface area contributed by atoms with Gasteiger partial charge in [0.15, 0.2) is 0 Å². The number of unbranched alkanes of at least 4 members (excludes halogenated alkanes) is 1. The highest BCUT2D eigenvalue weighted by atomic mass is 16.6. The van der Waals surface area contributed by atoms with Crippen molar-refractivity contribution >= 4 is 18.0 Å². The lowest BCUT2D eigenvalue weighted by Crippen LogP contribution is -2.41. The molecule has 0 saturated heterocycles. The zero-order chi connectivity index (χ0) is 19.3. The molecule has 10 heteroatoms. The molecule has 0 unspecified atom stereocenters. The summed E-state index contributed by atoms with van der Waals surface area (Å²) in [5.41, 5.74) is 7.61. The molecule has 1 atom stereocenters. The zero-order valence-electron chi connectivity index (χ0n) is 15.2.